The van der Waals surface area contributed by atoms with Gasteiger partial charge < -0.3 is 0 Å². The lowest BCUT2D eigenvalue weighted by molar-refractivity contribution is 0.180. The maximum atomic E-state index is 13.1. The molecule has 136 valence electrons. The van der Waals surface area contributed by atoms with Crippen LogP contribution in [0.5, 0.6) is 0 Å². The maximum absolute atomic E-state index is 13.1. The van der Waals surface area contributed by atoms with Gasteiger partial charge in [-0.05, 0) is 58.3 Å². The van der Waals surface area contributed by atoms with Gasteiger partial charge in [-0.2, -0.15) is 0 Å². The van der Waals surface area contributed by atoms with E-state index in [1.165, 1.54) is 25.7 Å². The third-order valence-electron chi connectivity index (χ3n) is 5.40. The average Bonchev–Trinajstić information content (AvgIpc) is 2.89. The predicted octanol–water partition coefficient (Wildman–Crippen LogP) is 4.44. The van der Waals surface area contributed by atoms with Crippen LogP contribution in [0.25, 0.3) is 10.9 Å². The van der Waals surface area contributed by atoms with E-state index in [0.29, 0.717) is 6.54 Å². The molecule has 4 heteroatoms. The summed E-state index contributed by atoms with van der Waals surface area (Å²) in [5.74, 6) is 0.965. The van der Waals surface area contributed by atoms with Crippen LogP contribution in [0.15, 0.2) is 23.0 Å². The Hall–Kier alpha value is -1.68. The van der Waals surface area contributed by atoms with Gasteiger partial charge in [0, 0.05) is 6.54 Å². The molecular formula is C21H31N3O. The molecule has 0 radical (unpaired) electrons. The molecule has 0 bridgehead atoms. The average molecular weight is 341 g/mol. The number of hydrogen-bond donors (Lipinski definition) is 0. The summed E-state index contributed by atoms with van der Waals surface area (Å²) in [6.07, 6.45) is 7.31. The number of rotatable bonds is 5. The molecule has 1 fully saturated rings. The van der Waals surface area contributed by atoms with Crippen molar-refractivity contribution in [3.8, 4) is 0 Å². The summed E-state index contributed by atoms with van der Waals surface area (Å²) in [5.41, 5.74) is 2.06. The van der Waals surface area contributed by atoms with E-state index in [1.807, 2.05) is 23.6 Å². The Morgan fingerprint density at radius 3 is 2.48 bits per heavy atom. The van der Waals surface area contributed by atoms with Crippen LogP contribution in [0.3, 0.4) is 0 Å². The number of aromatic nitrogens is 2. The highest BCUT2D eigenvalue weighted by Gasteiger charge is 2.25. The minimum absolute atomic E-state index is 0.113. The third-order valence-corrected chi connectivity index (χ3v) is 5.40. The van der Waals surface area contributed by atoms with Crippen LogP contribution in [0.2, 0.25) is 0 Å². The van der Waals surface area contributed by atoms with E-state index >= 15 is 0 Å². The van der Waals surface area contributed by atoms with Gasteiger partial charge in [-0.15, -0.1) is 0 Å². The molecule has 1 aromatic heterocycles. The molecule has 1 atom stereocenters. The van der Waals surface area contributed by atoms with Gasteiger partial charge in [0.05, 0.1) is 16.9 Å². The number of nitrogens with zero attached hydrogens (tertiary/aromatic N) is 3. The molecule has 0 saturated carbocycles. The van der Waals surface area contributed by atoms with Crippen molar-refractivity contribution in [2.75, 3.05) is 13.1 Å². The summed E-state index contributed by atoms with van der Waals surface area (Å²) in [4.78, 5) is 20.7. The second-order valence-electron chi connectivity index (χ2n) is 7.29. The van der Waals surface area contributed by atoms with Crippen LogP contribution >= 0.6 is 0 Å². The second kappa shape index (κ2) is 8.13. The number of likely N-dealkylation sites (tertiary alicyclic amines) is 1. The first-order chi connectivity index (χ1) is 12.2. The Morgan fingerprint density at radius 2 is 1.84 bits per heavy atom. The highest BCUT2D eigenvalue weighted by atomic mass is 16.1. The maximum Gasteiger partial charge on any atom is 0.261 e. The largest absolute Gasteiger partial charge is 0.295 e. The van der Waals surface area contributed by atoms with E-state index in [-0.39, 0.29) is 11.6 Å². The molecule has 1 aliphatic rings. The summed E-state index contributed by atoms with van der Waals surface area (Å²) in [6, 6.07) is 6.28. The first-order valence-electron chi connectivity index (χ1n) is 9.90. The molecule has 0 amide bonds. The highest BCUT2D eigenvalue weighted by molar-refractivity contribution is 5.78. The fourth-order valence-electron chi connectivity index (χ4n) is 4.07. The van der Waals surface area contributed by atoms with E-state index in [4.69, 9.17) is 4.98 Å². The SMILES string of the molecule is CCCC(c1nc2ccc(C)cc2c(=O)n1CC)N1CCCCCC1. The lowest BCUT2D eigenvalue weighted by Crippen LogP contribution is -2.35. The summed E-state index contributed by atoms with van der Waals surface area (Å²) in [5, 5.41) is 0.747. The van der Waals surface area contributed by atoms with Gasteiger partial charge in [0.25, 0.3) is 5.56 Å². The molecule has 2 aromatic rings. The van der Waals surface area contributed by atoms with E-state index in [0.717, 1.165) is 48.2 Å². The Bertz CT molecular complexity index is 773. The fourth-order valence-corrected chi connectivity index (χ4v) is 4.07. The van der Waals surface area contributed by atoms with Crippen molar-refractivity contribution in [1.29, 1.82) is 0 Å². The Kier molecular flexibility index (Phi) is 5.89. The van der Waals surface area contributed by atoms with Crippen molar-refractivity contribution in [3.05, 3.63) is 39.9 Å². The number of benzene rings is 1. The Morgan fingerprint density at radius 1 is 1.12 bits per heavy atom. The molecule has 1 aliphatic heterocycles. The van der Waals surface area contributed by atoms with Crippen LogP contribution in [0.1, 0.15) is 69.8 Å². The van der Waals surface area contributed by atoms with E-state index < -0.39 is 0 Å². The predicted molar refractivity (Wildman–Crippen MR) is 104 cm³/mol. The molecule has 4 nitrogen and oxygen atoms in total. The molecule has 1 unspecified atom stereocenters. The smallest absolute Gasteiger partial charge is 0.261 e. The molecule has 1 saturated heterocycles. The van der Waals surface area contributed by atoms with Gasteiger partial charge in [0.15, 0.2) is 0 Å². The Balaban J connectivity index is 2.12. The highest BCUT2D eigenvalue weighted by Crippen LogP contribution is 2.28. The topological polar surface area (TPSA) is 38.1 Å². The second-order valence-corrected chi connectivity index (χ2v) is 7.29. The van der Waals surface area contributed by atoms with Crippen molar-refractivity contribution in [1.82, 2.24) is 14.5 Å². The standard InChI is InChI=1S/C21H31N3O/c1-4-10-19(23-13-8-6-7-9-14-23)20-22-18-12-11-16(3)15-17(18)21(25)24(20)5-2/h11-12,15,19H,4-10,13-14H2,1-3H3. The molecule has 3 rings (SSSR count). The zero-order valence-electron chi connectivity index (χ0n) is 15.9. The minimum atomic E-state index is 0.113. The van der Waals surface area contributed by atoms with Crippen LogP contribution in [-0.4, -0.2) is 27.5 Å². The minimum Gasteiger partial charge on any atom is -0.295 e. The van der Waals surface area contributed by atoms with Gasteiger partial charge in [0.1, 0.15) is 5.82 Å². The first-order valence-corrected chi connectivity index (χ1v) is 9.90. The zero-order chi connectivity index (χ0) is 17.8. The van der Waals surface area contributed by atoms with Crippen LogP contribution in [-0.2, 0) is 6.54 Å². The quantitative estimate of drug-likeness (QED) is 0.807. The van der Waals surface area contributed by atoms with E-state index in [1.54, 1.807) is 0 Å². The van der Waals surface area contributed by atoms with E-state index in [2.05, 4.69) is 24.8 Å². The molecule has 0 N–H and O–H groups in total. The van der Waals surface area contributed by atoms with E-state index in [9.17, 15) is 4.79 Å². The normalized spacial score (nSPS) is 17.6. The lowest BCUT2D eigenvalue weighted by atomic mass is 10.1. The molecule has 25 heavy (non-hydrogen) atoms. The van der Waals surface area contributed by atoms with Gasteiger partial charge in [-0.1, -0.05) is 37.8 Å². The first kappa shape index (κ1) is 18.1. The lowest BCUT2D eigenvalue weighted by Gasteiger charge is -2.31. The van der Waals surface area contributed by atoms with Crippen molar-refractivity contribution in [2.24, 2.45) is 0 Å². The van der Waals surface area contributed by atoms with Crippen molar-refractivity contribution in [3.63, 3.8) is 0 Å². The van der Waals surface area contributed by atoms with Crippen LogP contribution < -0.4 is 5.56 Å². The van der Waals surface area contributed by atoms with Gasteiger partial charge in [0.2, 0.25) is 0 Å². The summed E-state index contributed by atoms with van der Waals surface area (Å²) in [7, 11) is 0. The zero-order valence-corrected chi connectivity index (χ0v) is 15.9. The summed E-state index contributed by atoms with van der Waals surface area (Å²) < 4.78 is 1.91. The molecule has 1 aromatic carbocycles. The fraction of sp³-hybridized carbons (Fsp3) is 0.619. The van der Waals surface area contributed by atoms with Crippen molar-refractivity contribution >= 4 is 10.9 Å². The third kappa shape index (κ3) is 3.79. The molecule has 0 aliphatic carbocycles. The number of hydrogen-bond acceptors (Lipinski definition) is 3. The van der Waals surface area contributed by atoms with Gasteiger partial charge >= 0.3 is 0 Å². The van der Waals surface area contributed by atoms with Gasteiger partial charge in [-0.3, -0.25) is 14.3 Å². The van der Waals surface area contributed by atoms with Crippen LogP contribution in [0, 0.1) is 6.92 Å². The number of aryl methyl sites for hydroxylation is 1. The monoisotopic (exact) mass is 341 g/mol. The molecule has 2 heterocycles. The van der Waals surface area contributed by atoms with Crippen molar-refractivity contribution < 1.29 is 0 Å². The molecule has 0 spiro atoms. The summed E-state index contributed by atoms with van der Waals surface area (Å²) in [6.45, 7) is 9.23. The summed E-state index contributed by atoms with van der Waals surface area (Å²) >= 11 is 0. The molecular weight excluding hydrogens is 310 g/mol. The van der Waals surface area contributed by atoms with Gasteiger partial charge in [-0.25, -0.2) is 4.98 Å². The number of fused-ring (bicyclic) bond motifs is 1. The van der Waals surface area contributed by atoms with Crippen LogP contribution in [0.4, 0.5) is 0 Å². The van der Waals surface area contributed by atoms with Crippen molar-refractivity contribution in [2.45, 2.75) is 71.9 Å². The Labute approximate surface area is 150 Å².